The first-order valence-corrected chi connectivity index (χ1v) is 10.1. The van der Waals surface area contributed by atoms with Gasteiger partial charge >= 0.3 is 12.1 Å². The maximum absolute atomic E-state index is 12.3. The van der Waals surface area contributed by atoms with Gasteiger partial charge in [0.25, 0.3) is 0 Å². The number of hydrogen-bond donors (Lipinski definition) is 6. The van der Waals surface area contributed by atoms with Crippen molar-refractivity contribution in [2.75, 3.05) is 21.3 Å². The Bertz CT molecular complexity index is 1020. The maximum Gasteiger partial charge on any atom is 0.323 e. The van der Waals surface area contributed by atoms with Crippen LogP contribution in [0.4, 0.5) is 32.3 Å². The third kappa shape index (κ3) is 6.56. The second-order valence-corrected chi connectivity index (χ2v) is 7.34. The van der Waals surface area contributed by atoms with Crippen molar-refractivity contribution in [3.63, 3.8) is 0 Å². The van der Waals surface area contributed by atoms with E-state index >= 15 is 0 Å². The zero-order valence-corrected chi connectivity index (χ0v) is 17.8. The molecule has 0 aliphatic rings. The first-order valence-electron chi connectivity index (χ1n) is 10.1. The Hall–Kier alpha value is -3.88. The van der Waals surface area contributed by atoms with Crippen LogP contribution in [0.1, 0.15) is 37.2 Å². The predicted octanol–water partition coefficient (Wildman–Crippen LogP) is 5.08. The van der Waals surface area contributed by atoms with Crippen molar-refractivity contribution in [1.29, 1.82) is 0 Å². The van der Waals surface area contributed by atoms with Gasteiger partial charge in [-0.3, -0.25) is 0 Å². The molecule has 3 aromatic rings. The molecule has 2 atom stereocenters. The Balaban J connectivity index is 1.59. The first-order chi connectivity index (χ1) is 15.3. The summed E-state index contributed by atoms with van der Waals surface area (Å²) >= 11 is 0. The number of hydrogen-bond acceptors (Lipinski definition) is 4. The lowest BCUT2D eigenvalue weighted by Gasteiger charge is -2.12. The van der Waals surface area contributed by atoms with Crippen LogP contribution >= 0.6 is 0 Å². The predicted molar refractivity (Wildman–Crippen MR) is 126 cm³/mol. The molecule has 0 fully saturated rings. The molecule has 6 N–H and O–H groups in total. The van der Waals surface area contributed by atoms with Crippen molar-refractivity contribution in [2.45, 2.75) is 26.1 Å². The van der Waals surface area contributed by atoms with E-state index in [2.05, 4.69) is 21.3 Å². The van der Waals surface area contributed by atoms with Crippen LogP contribution in [0.25, 0.3) is 0 Å². The van der Waals surface area contributed by atoms with Crippen LogP contribution in [0.2, 0.25) is 0 Å². The fourth-order valence-corrected chi connectivity index (χ4v) is 3.01. The third-order valence-corrected chi connectivity index (χ3v) is 4.63. The lowest BCUT2D eigenvalue weighted by atomic mass is 10.1. The summed E-state index contributed by atoms with van der Waals surface area (Å²) in [5.74, 6) is 0. The molecule has 3 aromatic carbocycles. The van der Waals surface area contributed by atoms with Gasteiger partial charge in [0.1, 0.15) is 0 Å². The number of nitrogens with one attached hydrogen (secondary N) is 4. The molecule has 0 radical (unpaired) electrons. The zero-order valence-electron chi connectivity index (χ0n) is 17.8. The van der Waals surface area contributed by atoms with Gasteiger partial charge in [-0.1, -0.05) is 30.3 Å². The average Bonchev–Trinajstić information content (AvgIpc) is 2.74. The molecule has 0 aliphatic heterocycles. The largest absolute Gasteiger partial charge is 0.389 e. The van der Waals surface area contributed by atoms with E-state index in [1.165, 1.54) is 0 Å². The maximum atomic E-state index is 12.3. The Kier molecular flexibility index (Phi) is 7.43. The average molecular weight is 434 g/mol. The van der Waals surface area contributed by atoms with Crippen molar-refractivity contribution in [3.8, 4) is 0 Å². The van der Waals surface area contributed by atoms with E-state index < -0.39 is 24.3 Å². The molecule has 4 amide bonds. The van der Waals surface area contributed by atoms with Crippen LogP contribution in [0.3, 0.4) is 0 Å². The highest BCUT2D eigenvalue weighted by Gasteiger charge is 2.08. The van der Waals surface area contributed by atoms with Crippen molar-refractivity contribution < 1.29 is 19.8 Å². The van der Waals surface area contributed by atoms with Crippen LogP contribution in [0, 0.1) is 0 Å². The minimum atomic E-state index is -0.636. The third-order valence-electron chi connectivity index (χ3n) is 4.63. The fourth-order valence-electron chi connectivity index (χ4n) is 3.01. The van der Waals surface area contributed by atoms with E-state index in [1.54, 1.807) is 86.6 Å². The number of urea groups is 2. The number of carbonyl (C=O) groups excluding carboxylic acids is 2. The first kappa shape index (κ1) is 22.8. The second kappa shape index (κ2) is 10.4. The van der Waals surface area contributed by atoms with Crippen molar-refractivity contribution in [2.24, 2.45) is 0 Å². The molecule has 8 heteroatoms. The molecule has 0 unspecified atom stereocenters. The molecule has 0 bridgehead atoms. The van der Waals surface area contributed by atoms with Gasteiger partial charge in [-0.15, -0.1) is 0 Å². The number of aliphatic hydroxyl groups is 2. The summed E-state index contributed by atoms with van der Waals surface area (Å²) in [7, 11) is 0. The second-order valence-electron chi connectivity index (χ2n) is 7.34. The summed E-state index contributed by atoms with van der Waals surface area (Å²) in [6.07, 6.45) is -1.27. The minimum absolute atomic E-state index is 0.454. The summed E-state index contributed by atoms with van der Waals surface area (Å²) in [4.78, 5) is 24.6. The topological polar surface area (TPSA) is 123 Å². The molecule has 3 rings (SSSR count). The molecule has 8 nitrogen and oxygen atoms in total. The normalized spacial score (nSPS) is 12.4. The number of benzene rings is 3. The fraction of sp³-hybridized carbons (Fsp3) is 0.167. The highest BCUT2D eigenvalue weighted by atomic mass is 16.3. The molecule has 0 aromatic heterocycles. The summed E-state index contributed by atoms with van der Waals surface area (Å²) < 4.78 is 0. The smallest absolute Gasteiger partial charge is 0.323 e. The van der Waals surface area contributed by atoms with Gasteiger partial charge in [-0.2, -0.15) is 0 Å². The molecule has 32 heavy (non-hydrogen) atoms. The number of carbonyl (C=O) groups is 2. The quantitative estimate of drug-likeness (QED) is 0.324. The van der Waals surface area contributed by atoms with E-state index in [0.717, 1.165) is 0 Å². The number of rotatable bonds is 6. The molecule has 0 aliphatic carbocycles. The van der Waals surface area contributed by atoms with E-state index in [-0.39, 0.29) is 0 Å². The van der Waals surface area contributed by atoms with Crippen molar-refractivity contribution in [3.05, 3.63) is 83.9 Å². The van der Waals surface area contributed by atoms with Crippen LogP contribution < -0.4 is 21.3 Å². The molecule has 0 heterocycles. The van der Waals surface area contributed by atoms with E-state index in [4.69, 9.17) is 0 Å². The minimum Gasteiger partial charge on any atom is -0.389 e. The lowest BCUT2D eigenvalue weighted by Crippen LogP contribution is -2.21. The van der Waals surface area contributed by atoms with Gasteiger partial charge in [0.05, 0.1) is 12.2 Å². The van der Waals surface area contributed by atoms with Gasteiger partial charge < -0.3 is 31.5 Å². The summed E-state index contributed by atoms with van der Waals surface area (Å²) in [5.41, 5.74) is 3.46. The highest BCUT2D eigenvalue weighted by Crippen LogP contribution is 2.20. The number of amides is 4. The van der Waals surface area contributed by atoms with Gasteiger partial charge in [-0.25, -0.2) is 9.59 Å². The molecule has 0 saturated heterocycles. The Labute approximate surface area is 186 Å². The SMILES string of the molecule is C[C@@H](O)c1cccc(NC(=O)Nc2cccc(NC(=O)Nc3cccc([C@@H](C)O)c3)c2)c1. The van der Waals surface area contributed by atoms with Gasteiger partial charge in [-0.05, 0) is 67.4 Å². The molecule has 0 spiro atoms. The van der Waals surface area contributed by atoms with Crippen molar-refractivity contribution >= 4 is 34.8 Å². The van der Waals surface area contributed by atoms with E-state index in [0.29, 0.717) is 33.9 Å². The van der Waals surface area contributed by atoms with Crippen LogP contribution in [0.15, 0.2) is 72.8 Å². The van der Waals surface area contributed by atoms with Crippen molar-refractivity contribution in [1.82, 2.24) is 0 Å². The van der Waals surface area contributed by atoms with Gasteiger partial charge in [0.2, 0.25) is 0 Å². The summed E-state index contributed by atoms with van der Waals surface area (Å²) in [6, 6.07) is 19.7. The summed E-state index contributed by atoms with van der Waals surface area (Å²) in [6.45, 7) is 3.30. The molecule has 0 saturated carbocycles. The Morgan fingerprint density at radius 3 is 1.25 bits per heavy atom. The highest BCUT2D eigenvalue weighted by molar-refractivity contribution is 6.02. The Morgan fingerprint density at radius 1 is 0.594 bits per heavy atom. The van der Waals surface area contributed by atoms with Crippen LogP contribution in [0.5, 0.6) is 0 Å². The van der Waals surface area contributed by atoms with E-state index in [1.807, 2.05) is 0 Å². The summed E-state index contributed by atoms with van der Waals surface area (Å²) in [5, 5.41) is 30.2. The van der Waals surface area contributed by atoms with Crippen LogP contribution in [-0.2, 0) is 0 Å². The zero-order chi connectivity index (χ0) is 23.1. The molecular weight excluding hydrogens is 408 g/mol. The lowest BCUT2D eigenvalue weighted by molar-refractivity contribution is 0.199. The van der Waals surface area contributed by atoms with E-state index in [9.17, 15) is 19.8 Å². The number of aliphatic hydroxyl groups excluding tert-OH is 2. The number of anilines is 4. The molecule has 166 valence electrons. The van der Waals surface area contributed by atoms with Gasteiger partial charge in [0, 0.05) is 22.7 Å². The Morgan fingerprint density at radius 2 is 0.906 bits per heavy atom. The standard InChI is InChI=1S/C24H26N4O4/c1-15(29)17-6-3-8-19(12-17)25-23(31)27-21-10-5-11-22(14-21)28-24(32)26-20-9-4-7-18(13-20)16(2)30/h3-16,29-30H,1-2H3,(H2,25,27,31)(H2,26,28,32)/t15-,16-/m1/s1. The van der Waals surface area contributed by atoms with Crippen LogP contribution in [-0.4, -0.2) is 22.3 Å². The molecular formula is C24H26N4O4. The monoisotopic (exact) mass is 434 g/mol. The van der Waals surface area contributed by atoms with Gasteiger partial charge in [0.15, 0.2) is 0 Å².